The van der Waals surface area contributed by atoms with Crippen molar-refractivity contribution in [1.29, 1.82) is 0 Å². The summed E-state index contributed by atoms with van der Waals surface area (Å²) < 4.78 is 0. The summed E-state index contributed by atoms with van der Waals surface area (Å²) in [5, 5.41) is 3.37. The summed E-state index contributed by atoms with van der Waals surface area (Å²) in [6.45, 7) is 15.5. The van der Waals surface area contributed by atoms with Gasteiger partial charge >= 0.3 is 0 Å². The van der Waals surface area contributed by atoms with Crippen LogP contribution >= 0.6 is 0 Å². The predicted octanol–water partition coefficient (Wildman–Crippen LogP) is 2.21. The lowest BCUT2D eigenvalue weighted by atomic mass is 9.85. The van der Waals surface area contributed by atoms with Crippen molar-refractivity contribution in [3.05, 3.63) is 0 Å². The van der Waals surface area contributed by atoms with Crippen molar-refractivity contribution in [1.82, 2.24) is 10.2 Å². The molecule has 0 aliphatic carbocycles. The molecule has 15 heavy (non-hydrogen) atoms. The van der Waals surface area contributed by atoms with E-state index >= 15 is 0 Å². The molecule has 1 aliphatic heterocycles. The smallest absolute Gasteiger partial charge is 0.00991 e. The Morgan fingerprint density at radius 3 is 2.13 bits per heavy atom. The molecule has 0 aromatic rings. The first-order valence-corrected chi connectivity index (χ1v) is 6.26. The summed E-state index contributed by atoms with van der Waals surface area (Å²) in [7, 11) is 2.06. The third-order valence-electron chi connectivity index (χ3n) is 4.30. The maximum Gasteiger partial charge on any atom is 0.00991 e. The molecule has 1 aliphatic rings. The maximum absolute atomic E-state index is 3.37. The molecular formula is C13H28N2. The Balaban J connectivity index is 2.48. The van der Waals surface area contributed by atoms with Gasteiger partial charge in [0.05, 0.1) is 0 Å². The molecule has 1 N–H and O–H groups in total. The highest BCUT2D eigenvalue weighted by atomic mass is 15.2. The van der Waals surface area contributed by atoms with Crippen LogP contribution < -0.4 is 5.32 Å². The van der Waals surface area contributed by atoms with E-state index in [0.29, 0.717) is 11.5 Å². The molecule has 0 spiro atoms. The molecule has 90 valence electrons. The summed E-state index contributed by atoms with van der Waals surface area (Å²) in [6, 6.07) is 0.573. The van der Waals surface area contributed by atoms with Gasteiger partial charge in [0.25, 0.3) is 0 Å². The van der Waals surface area contributed by atoms with Gasteiger partial charge in [-0.05, 0) is 31.2 Å². The first-order chi connectivity index (χ1) is 6.86. The van der Waals surface area contributed by atoms with E-state index in [1.54, 1.807) is 0 Å². The average molecular weight is 212 g/mol. The molecule has 0 saturated carbocycles. The first-order valence-electron chi connectivity index (χ1n) is 6.26. The number of nitrogens with one attached hydrogen (secondary N) is 1. The van der Waals surface area contributed by atoms with Crippen molar-refractivity contribution >= 4 is 0 Å². The second-order valence-electron chi connectivity index (χ2n) is 6.15. The van der Waals surface area contributed by atoms with Gasteiger partial charge in [0, 0.05) is 25.7 Å². The molecular weight excluding hydrogens is 184 g/mol. The lowest BCUT2D eigenvalue weighted by Gasteiger charge is -2.35. The Labute approximate surface area is 95.4 Å². The van der Waals surface area contributed by atoms with Gasteiger partial charge in [-0.2, -0.15) is 0 Å². The Hall–Kier alpha value is -0.0800. The second-order valence-corrected chi connectivity index (χ2v) is 6.15. The summed E-state index contributed by atoms with van der Waals surface area (Å²) in [5.74, 6) is 1.73. The minimum Gasteiger partial charge on any atom is -0.317 e. The van der Waals surface area contributed by atoms with Crippen molar-refractivity contribution in [2.45, 2.75) is 40.7 Å². The fourth-order valence-electron chi connectivity index (χ4n) is 2.48. The van der Waals surface area contributed by atoms with E-state index in [4.69, 9.17) is 0 Å². The SMILES string of the molecule is CNC(C)C(C)(C)CN1CC(C)C(C)C1. The molecule has 3 atom stereocenters. The van der Waals surface area contributed by atoms with Gasteiger partial charge in [0.1, 0.15) is 0 Å². The molecule has 1 fully saturated rings. The van der Waals surface area contributed by atoms with Gasteiger partial charge in [-0.1, -0.05) is 27.7 Å². The number of hydrogen-bond acceptors (Lipinski definition) is 2. The third-order valence-corrected chi connectivity index (χ3v) is 4.30. The monoisotopic (exact) mass is 212 g/mol. The van der Waals surface area contributed by atoms with Crippen LogP contribution in [0.25, 0.3) is 0 Å². The highest BCUT2D eigenvalue weighted by Crippen LogP contribution is 2.28. The van der Waals surface area contributed by atoms with Crippen LogP contribution in [0.4, 0.5) is 0 Å². The molecule has 0 bridgehead atoms. The molecule has 1 saturated heterocycles. The summed E-state index contributed by atoms with van der Waals surface area (Å²) in [6.07, 6.45) is 0. The van der Waals surface area contributed by atoms with Crippen LogP contribution in [-0.2, 0) is 0 Å². The van der Waals surface area contributed by atoms with Crippen LogP contribution in [-0.4, -0.2) is 37.6 Å². The molecule has 0 aromatic heterocycles. The number of hydrogen-bond donors (Lipinski definition) is 1. The van der Waals surface area contributed by atoms with E-state index in [9.17, 15) is 0 Å². The van der Waals surface area contributed by atoms with E-state index in [0.717, 1.165) is 11.8 Å². The summed E-state index contributed by atoms with van der Waals surface area (Å²) in [4.78, 5) is 2.63. The van der Waals surface area contributed by atoms with Crippen LogP contribution in [0.3, 0.4) is 0 Å². The van der Waals surface area contributed by atoms with Gasteiger partial charge in [-0.15, -0.1) is 0 Å². The third kappa shape index (κ3) is 3.18. The largest absolute Gasteiger partial charge is 0.317 e. The molecule has 2 nitrogen and oxygen atoms in total. The molecule has 3 unspecified atom stereocenters. The molecule has 0 aromatic carbocycles. The topological polar surface area (TPSA) is 15.3 Å². The minimum absolute atomic E-state index is 0.360. The lowest BCUT2D eigenvalue weighted by molar-refractivity contribution is 0.164. The standard InChI is InChI=1S/C13H28N2/c1-10-7-15(8-11(10)2)9-13(4,5)12(3)14-6/h10-12,14H,7-9H2,1-6H3. The van der Waals surface area contributed by atoms with Crippen LogP contribution in [0, 0.1) is 17.3 Å². The Bertz CT molecular complexity index is 191. The molecule has 0 amide bonds. The van der Waals surface area contributed by atoms with Crippen LogP contribution in [0.1, 0.15) is 34.6 Å². The van der Waals surface area contributed by atoms with Crippen molar-refractivity contribution in [3.63, 3.8) is 0 Å². The fourth-order valence-corrected chi connectivity index (χ4v) is 2.48. The molecule has 1 heterocycles. The van der Waals surface area contributed by atoms with E-state index in [2.05, 4.69) is 51.9 Å². The predicted molar refractivity (Wildman–Crippen MR) is 67.1 cm³/mol. The normalized spacial score (nSPS) is 30.8. The molecule has 0 radical (unpaired) electrons. The maximum atomic E-state index is 3.37. The van der Waals surface area contributed by atoms with Crippen molar-refractivity contribution < 1.29 is 0 Å². The second kappa shape index (κ2) is 4.84. The van der Waals surface area contributed by atoms with Crippen LogP contribution in [0.5, 0.6) is 0 Å². The van der Waals surface area contributed by atoms with Crippen molar-refractivity contribution in [2.75, 3.05) is 26.7 Å². The zero-order valence-electron chi connectivity index (χ0n) is 11.3. The highest BCUT2D eigenvalue weighted by Gasteiger charge is 2.32. The van der Waals surface area contributed by atoms with Crippen molar-refractivity contribution in [3.8, 4) is 0 Å². The van der Waals surface area contributed by atoms with E-state index < -0.39 is 0 Å². The fraction of sp³-hybridized carbons (Fsp3) is 1.00. The summed E-state index contributed by atoms with van der Waals surface area (Å²) in [5.41, 5.74) is 0.360. The molecule has 1 rings (SSSR count). The van der Waals surface area contributed by atoms with Crippen LogP contribution in [0.15, 0.2) is 0 Å². The number of nitrogens with zero attached hydrogens (tertiary/aromatic N) is 1. The average Bonchev–Trinajstić information content (AvgIpc) is 2.43. The van der Waals surface area contributed by atoms with Gasteiger partial charge in [-0.3, -0.25) is 0 Å². The number of likely N-dealkylation sites (tertiary alicyclic amines) is 1. The first kappa shape index (κ1) is 13.0. The van der Waals surface area contributed by atoms with Gasteiger partial charge in [-0.25, -0.2) is 0 Å². The van der Waals surface area contributed by atoms with Gasteiger partial charge in [0.15, 0.2) is 0 Å². The quantitative estimate of drug-likeness (QED) is 0.768. The zero-order valence-corrected chi connectivity index (χ0v) is 11.3. The lowest BCUT2D eigenvalue weighted by Crippen LogP contribution is -2.45. The highest BCUT2D eigenvalue weighted by molar-refractivity contribution is 4.87. The van der Waals surface area contributed by atoms with Gasteiger partial charge < -0.3 is 10.2 Å². The van der Waals surface area contributed by atoms with E-state index in [-0.39, 0.29) is 0 Å². The van der Waals surface area contributed by atoms with Crippen LogP contribution in [0.2, 0.25) is 0 Å². The summed E-state index contributed by atoms with van der Waals surface area (Å²) >= 11 is 0. The van der Waals surface area contributed by atoms with Gasteiger partial charge in [0.2, 0.25) is 0 Å². The molecule has 2 heteroatoms. The van der Waals surface area contributed by atoms with E-state index in [1.807, 2.05) is 0 Å². The Morgan fingerprint density at radius 1 is 1.27 bits per heavy atom. The minimum atomic E-state index is 0.360. The number of rotatable bonds is 4. The van der Waals surface area contributed by atoms with E-state index in [1.165, 1.54) is 19.6 Å². The Kier molecular flexibility index (Phi) is 4.19. The zero-order chi connectivity index (χ0) is 11.6. The Morgan fingerprint density at radius 2 is 1.73 bits per heavy atom. The van der Waals surface area contributed by atoms with Crippen molar-refractivity contribution in [2.24, 2.45) is 17.3 Å².